The lowest BCUT2D eigenvalue weighted by Gasteiger charge is -2.10. The molecule has 16 heavy (non-hydrogen) atoms. The van der Waals surface area contributed by atoms with E-state index in [1.54, 1.807) is 18.4 Å². The number of methoxy groups -OCH3 is 1. The smallest absolute Gasteiger partial charge is 0.120 e. The second-order valence-corrected chi connectivity index (χ2v) is 4.23. The van der Waals surface area contributed by atoms with Crippen molar-refractivity contribution in [2.45, 2.75) is 13.5 Å². The fourth-order valence-corrected chi connectivity index (χ4v) is 1.99. The van der Waals surface area contributed by atoms with Gasteiger partial charge in [0, 0.05) is 17.1 Å². The number of hydrogen-bond acceptors (Lipinski definition) is 4. The van der Waals surface area contributed by atoms with Crippen molar-refractivity contribution in [1.29, 1.82) is 0 Å². The van der Waals surface area contributed by atoms with Crippen molar-refractivity contribution in [2.24, 2.45) is 0 Å². The normalized spacial score (nSPS) is 10.1. The Morgan fingerprint density at radius 2 is 2.31 bits per heavy atom. The predicted octanol–water partition coefficient (Wildman–Crippen LogP) is 3.07. The number of nitrogens with zero attached hydrogens (tertiary/aromatic N) is 1. The summed E-state index contributed by atoms with van der Waals surface area (Å²) in [5.74, 6) is 0.867. The van der Waals surface area contributed by atoms with Crippen molar-refractivity contribution in [2.75, 3.05) is 12.4 Å². The Kier molecular flexibility index (Phi) is 3.41. The summed E-state index contributed by atoms with van der Waals surface area (Å²) >= 11 is 1.61. The average Bonchev–Trinajstić information content (AvgIpc) is 2.81. The zero-order valence-electron chi connectivity index (χ0n) is 9.36. The molecule has 2 rings (SSSR count). The van der Waals surface area contributed by atoms with Crippen LogP contribution in [0, 0.1) is 6.92 Å². The minimum absolute atomic E-state index is 0.748. The Balaban J connectivity index is 2.08. The molecule has 0 aliphatic heterocycles. The van der Waals surface area contributed by atoms with Gasteiger partial charge in [-0.15, -0.1) is 11.3 Å². The molecule has 3 nitrogen and oxygen atoms in total. The fraction of sp³-hybridized carbons (Fsp3) is 0.250. The first-order valence-electron chi connectivity index (χ1n) is 5.05. The van der Waals surface area contributed by atoms with Crippen molar-refractivity contribution in [1.82, 2.24) is 4.98 Å². The highest BCUT2D eigenvalue weighted by atomic mass is 32.1. The molecule has 1 N–H and O–H groups in total. The van der Waals surface area contributed by atoms with Crippen LogP contribution in [0.4, 0.5) is 5.69 Å². The van der Waals surface area contributed by atoms with Gasteiger partial charge in [-0.25, -0.2) is 4.98 Å². The van der Waals surface area contributed by atoms with Gasteiger partial charge in [0.15, 0.2) is 0 Å². The summed E-state index contributed by atoms with van der Waals surface area (Å²) in [5, 5.41) is 5.40. The summed E-state index contributed by atoms with van der Waals surface area (Å²) in [5.41, 5.74) is 5.20. The molecule has 1 aromatic heterocycles. The molecule has 4 heteroatoms. The number of hydrogen-bond donors (Lipinski definition) is 1. The number of thiazole rings is 1. The first-order chi connectivity index (χ1) is 7.79. The molecule has 1 aromatic carbocycles. The number of aryl methyl sites for hydroxylation is 1. The highest BCUT2D eigenvalue weighted by Crippen LogP contribution is 2.22. The van der Waals surface area contributed by atoms with Gasteiger partial charge < -0.3 is 10.1 Å². The van der Waals surface area contributed by atoms with Gasteiger partial charge in [-0.3, -0.25) is 0 Å². The molecule has 0 spiro atoms. The van der Waals surface area contributed by atoms with Gasteiger partial charge in [0.1, 0.15) is 5.75 Å². The molecule has 1 heterocycles. The molecule has 0 unspecified atom stereocenters. The fourth-order valence-electron chi connectivity index (χ4n) is 1.43. The van der Waals surface area contributed by atoms with E-state index >= 15 is 0 Å². The van der Waals surface area contributed by atoms with Gasteiger partial charge in [-0.1, -0.05) is 6.07 Å². The molecule has 0 saturated heterocycles. The van der Waals surface area contributed by atoms with E-state index in [1.807, 2.05) is 29.1 Å². The van der Waals surface area contributed by atoms with E-state index in [4.69, 9.17) is 4.74 Å². The monoisotopic (exact) mass is 234 g/mol. The standard InChI is InChI=1S/C12H14N2OS/c1-9-3-4-11(15-2)5-12(9)13-6-10-7-16-8-14-10/h3-5,7-8,13H,6H2,1-2H3. The molecule has 0 fully saturated rings. The number of rotatable bonds is 4. The van der Waals surface area contributed by atoms with Gasteiger partial charge in [0.25, 0.3) is 0 Å². The zero-order chi connectivity index (χ0) is 11.4. The maximum atomic E-state index is 5.19. The quantitative estimate of drug-likeness (QED) is 0.882. The van der Waals surface area contributed by atoms with E-state index in [-0.39, 0.29) is 0 Å². The second kappa shape index (κ2) is 4.99. The van der Waals surface area contributed by atoms with Gasteiger partial charge in [0.2, 0.25) is 0 Å². The number of nitrogens with one attached hydrogen (secondary N) is 1. The summed E-state index contributed by atoms with van der Waals surface area (Å²) < 4.78 is 5.19. The molecule has 2 aromatic rings. The Morgan fingerprint density at radius 1 is 1.44 bits per heavy atom. The lowest BCUT2D eigenvalue weighted by atomic mass is 10.2. The van der Waals surface area contributed by atoms with Crippen LogP contribution in [0.25, 0.3) is 0 Å². The molecule has 0 radical (unpaired) electrons. The van der Waals surface area contributed by atoms with E-state index in [2.05, 4.69) is 17.2 Å². The minimum atomic E-state index is 0.748. The van der Waals surface area contributed by atoms with E-state index in [0.717, 1.165) is 23.7 Å². The number of anilines is 1. The van der Waals surface area contributed by atoms with E-state index in [9.17, 15) is 0 Å². The second-order valence-electron chi connectivity index (χ2n) is 3.51. The third-order valence-electron chi connectivity index (χ3n) is 2.39. The maximum Gasteiger partial charge on any atom is 0.120 e. The molecule has 0 aliphatic carbocycles. The van der Waals surface area contributed by atoms with Gasteiger partial charge in [0.05, 0.1) is 24.9 Å². The number of benzene rings is 1. The molecule has 0 bridgehead atoms. The summed E-state index contributed by atoms with van der Waals surface area (Å²) in [6.45, 7) is 2.82. The summed E-state index contributed by atoms with van der Waals surface area (Å²) in [4.78, 5) is 4.23. The average molecular weight is 234 g/mol. The maximum absolute atomic E-state index is 5.19. The number of ether oxygens (including phenoxy) is 1. The Hall–Kier alpha value is -1.55. The van der Waals surface area contributed by atoms with E-state index in [0.29, 0.717) is 0 Å². The van der Waals surface area contributed by atoms with Crippen LogP contribution in [0.1, 0.15) is 11.3 Å². The first-order valence-corrected chi connectivity index (χ1v) is 5.99. The molecular weight excluding hydrogens is 220 g/mol. The van der Waals surface area contributed by atoms with Crippen molar-refractivity contribution in [3.8, 4) is 5.75 Å². The molecule has 0 aliphatic rings. The molecule has 0 amide bonds. The largest absolute Gasteiger partial charge is 0.497 e. The number of aromatic nitrogens is 1. The third kappa shape index (κ3) is 2.52. The van der Waals surface area contributed by atoms with Crippen LogP contribution in [0.15, 0.2) is 29.1 Å². The van der Waals surface area contributed by atoms with Crippen molar-refractivity contribution < 1.29 is 4.74 Å². The topological polar surface area (TPSA) is 34.1 Å². The van der Waals surface area contributed by atoms with Gasteiger partial charge in [-0.2, -0.15) is 0 Å². The van der Waals surface area contributed by atoms with Crippen molar-refractivity contribution in [3.63, 3.8) is 0 Å². The van der Waals surface area contributed by atoms with Gasteiger partial charge in [-0.05, 0) is 18.6 Å². The van der Waals surface area contributed by atoms with E-state index in [1.165, 1.54) is 5.56 Å². The predicted molar refractivity (Wildman–Crippen MR) is 67.2 cm³/mol. The summed E-state index contributed by atoms with van der Waals surface area (Å²) in [7, 11) is 1.68. The summed E-state index contributed by atoms with van der Waals surface area (Å²) in [6.07, 6.45) is 0. The van der Waals surface area contributed by atoms with Crippen LogP contribution in [-0.4, -0.2) is 12.1 Å². The SMILES string of the molecule is COc1ccc(C)c(NCc2cscn2)c1. The van der Waals surface area contributed by atoms with Crippen LogP contribution >= 0.6 is 11.3 Å². The van der Waals surface area contributed by atoms with Gasteiger partial charge >= 0.3 is 0 Å². The highest BCUT2D eigenvalue weighted by Gasteiger charge is 2.01. The molecular formula is C12H14N2OS. The van der Waals surface area contributed by atoms with Crippen LogP contribution in [0.2, 0.25) is 0 Å². The Bertz CT molecular complexity index is 454. The van der Waals surface area contributed by atoms with E-state index < -0.39 is 0 Å². The third-order valence-corrected chi connectivity index (χ3v) is 3.02. The zero-order valence-corrected chi connectivity index (χ0v) is 10.2. The molecule has 0 saturated carbocycles. The Morgan fingerprint density at radius 3 is 3.00 bits per heavy atom. The van der Waals surface area contributed by atoms with Crippen LogP contribution in [0.5, 0.6) is 5.75 Å². The minimum Gasteiger partial charge on any atom is -0.497 e. The molecule has 84 valence electrons. The van der Waals surface area contributed by atoms with Crippen LogP contribution in [-0.2, 0) is 6.54 Å². The van der Waals surface area contributed by atoms with Crippen molar-refractivity contribution >= 4 is 17.0 Å². The molecule has 0 atom stereocenters. The highest BCUT2D eigenvalue weighted by molar-refractivity contribution is 7.07. The van der Waals surface area contributed by atoms with Crippen LogP contribution < -0.4 is 10.1 Å². The lowest BCUT2D eigenvalue weighted by molar-refractivity contribution is 0.415. The van der Waals surface area contributed by atoms with Crippen LogP contribution in [0.3, 0.4) is 0 Å². The lowest BCUT2D eigenvalue weighted by Crippen LogP contribution is -2.01. The first kappa shape index (κ1) is 11.0. The Labute approximate surface area is 99.1 Å². The summed E-state index contributed by atoms with van der Waals surface area (Å²) in [6, 6.07) is 6.01. The van der Waals surface area contributed by atoms with Crippen molar-refractivity contribution in [3.05, 3.63) is 40.3 Å².